The van der Waals surface area contributed by atoms with Crippen LogP contribution in [0.4, 0.5) is 4.39 Å². The highest BCUT2D eigenvalue weighted by molar-refractivity contribution is 5.69. The van der Waals surface area contributed by atoms with Gasteiger partial charge in [0, 0.05) is 18.7 Å². The summed E-state index contributed by atoms with van der Waals surface area (Å²) in [6, 6.07) is 7.90. The van der Waals surface area contributed by atoms with E-state index >= 15 is 0 Å². The van der Waals surface area contributed by atoms with Crippen molar-refractivity contribution in [3.63, 3.8) is 0 Å². The SMILES string of the molecule is CO[C@H](c1ccc(C2=CC=C(C)N(O)C2)cc1)[C@H](C)CF. The molecule has 1 N–H and O–H groups in total. The lowest BCUT2D eigenvalue weighted by Gasteiger charge is -2.24. The number of hydroxylamine groups is 2. The number of halogens is 1. The zero-order valence-corrected chi connectivity index (χ0v) is 12.7. The normalized spacial score (nSPS) is 18.0. The van der Waals surface area contributed by atoms with E-state index in [-0.39, 0.29) is 12.0 Å². The quantitative estimate of drug-likeness (QED) is 0.891. The van der Waals surface area contributed by atoms with E-state index in [2.05, 4.69) is 0 Å². The largest absolute Gasteiger partial charge is 0.376 e. The van der Waals surface area contributed by atoms with Crippen LogP contribution in [-0.4, -0.2) is 30.6 Å². The van der Waals surface area contributed by atoms with Gasteiger partial charge < -0.3 is 4.74 Å². The van der Waals surface area contributed by atoms with Crippen LogP contribution in [0.15, 0.2) is 42.1 Å². The standard InChI is InChI=1S/C17H22FNO2/c1-12(10-18)17(21-3)15-8-6-14(7-9-15)16-5-4-13(2)19(20)11-16/h4-9,12,17,20H,10-11H2,1-3H3/t12-,17+/m1/s1. The molecule has 1 aromatic rings. The Hall–Kier alpha value is -1.65. The molecule has 0 bridgehead atoms. The maximum Gasteiger partial charge on any atom is 0.0948 e. The van der Waals surface area contributed by atoms with Gasteiger partial charge in [-0.25, -0.2) is 0 Å². The van der Waals surface area contributed by atoms with Crippen molar-refractivity contribution >= 4 is 5.57 Å². The monoisotopic (exact) mass is 291 g/mol. The van der Waals surface area contributed by atoms with E-state index in [1.165, 1.54) is 5.06 Å². The van der Waals surface area contributed by atoms with Crippen molar-refractivity contribution in [2.75, 3.05) is 20.3 Å². The van der Waals surface area contributed by atoms with Crippen molar-refractivity contribution in [1.29, 1.82) is 0 Å². The van der Waals surface area contributed by atoms with Gasteiger partial charge in [-0.1, -0.05) is 37.3 Å². The molecule has 1 heterocycles. The summed E-state index contributed by atoms with van der Waals surface area (Å²) in [6.07, 6.45) is 3.66. The summed E-state index contributed by atoms with van der Waals surface area (Å²) in [7, 11) is 1.60. The number of methoxy groups -OCH3 is 1. The fourth-order valence-electron chi connectivity index (χ4n) is 2.50. The second-order valence-electron chi connectivity index (χ2n) is 5.47. The number of benzene rings is 1. The molecule has 0 unspecified atom stereocenters. The second kappa shape index (κ2) is 6.87. The molecule has 0 radical (unpaired) electrons. The fraction of sp³-hybridized carbons (Fsp3) is 0.412. The molecule has 0 saturated carbocycles. The summed E-state index contributed by atoms with van der Waals surface area (Å²) < 4.78 is 18.2. The first-order valence-electron chi connectivity index (χ1n) is 7.09. The number of ether oxygens (including phenoxy) is 1. The van der Waals surface area contributed by atoms with Crippen LogP contribution in [0.5, 0.6) is 0 Å². The van der Waals surface area contributed by atoms with Crippen LogP contribution in [0, 0.1) is 5.92 Å². The van der Waals surface area contributed by atoms with E-state index in [0.29, 0.717) is 6.54 Å². The molecule has 1 aromatic carbocycles. The molecule has 0 aliphatic carbocycles. The minimum absolute atomic E-state index is 0.173. The van der Waals surface area contributed by atoms with Crippen molar-refractivity contribution in [3.8, 4) is 0 Å². The number of alkyl halides is 1. The second-order valence-corrected chi connectivity index (χ2v) is 5.47. The predicted molar refractivity (Wildman–Crippen MR) is 81.6 cm³/mol. The van der Waals surface area contributed by atoms with Gasteiger partial charge in [0.2, 0.25) is 0 Å². The van der Waals surface area contributed by atoms with Crippen LogP contribution in [-0.2, 0) is 4.74 Å². The molecule has 21 heavy (non-hydrogen) atoms. The van der Waals surface area contributed by atoms with Gasteiger partial charge in [0.25, 0.3) is 0 Å². The topological polar surface area (TPSA) is 32.7 Å². The first-order valence-corrected chi connectivity index (χ1v) is 7.09. The van der Waals surface area contributed by atoms with Crippen LogP contribution in [0.3, 0.4) is 0 Å². The highest BCUT2D eigenvalue weighted by Gasteiger charge is 2.19. The maximum absolute atomic E-state index is 12.8. The highest BCUT2D eigenvalue weighted by Crippen LogP contribution is 2.28. The van der Waals surface area contributed by atoms with E-state index < -0.39 is 6.67 Å². The summed E-state index contributed by atoms with van der Waals surface area (Å²) in [5.74, 6) is -0.173. The van der Waals surface area contributed by atoms with Gasteiger partial charge in [-0.2, -0.15) is 0 Å². The lowest BCUT2D eigenvalue weighted by Crippen LogP contribution is -2.21. The Morgan fingerprint density at radius 1 is 1.29 bits per heavy atom. The van der Waals surface area contributed by atoms with Crippen LogP contribution in [0.2, 0.25) is 0 Å². The van der Waals surface area contributed by atoms with E-state index in [4.69, 9.17) is 4.74 Å². The van der Waals surface area contributed by atoms with Crippen molar-refractivity contribution in [2.45, 2.75) is 20.0 Å². The molecule has 4 heteroatoms. The van der Waals surface area contributed by atoms with Crippen LogP contribution in [0.25, 0.3) is 5.57 Å². The zero-order chi connectivity index (χ0) is 15.4. The number of nitrogens with zero attached hydrogens (tertiary/aromatic N) is 1. The summed E-state index contributed by atoms with van der Waals surface area (Å²) in [5, 5.41) is 11.0. The molecule has 1 aliphatic rings. The molecule has 0 aromatic heterocycles. The predicted octanol–water partition coefficient (Wildman–Crippen LogP) is 3.97. The van der Waals surface area contributed by atoms with Gasteiger partial charge in [0.15, 0.2) is 0 Å². The van der Waals surface area contributed by atoms with Crippen LogP contribution < -0.4 is 0 Å². The van der Waals surface area contributed by atoms with Crippen molar-refractivity contribution in [3.05, 3.63) is 53.2 Å². The van der Waals surface area contributed by atoms with Crippen LogP contribution in [0.1, 0.15) is 31.1 Å². The van der Waals surface area contributed by atoms with Gasteiger partial charge in [0.05, 0.1) is 19.3 Å². The highest BCUT2D eigenvalue weighted by atomic mass is 19.1. The number of allylic oxidation sites excluding steroid dienone is 3. The third kappa shape index (κ3) is 3.52. The summed E-state index contributed by atoms with van der Waals surface area (Å²) in [6.45, 7) is 3.76. The van der Waals surface area contributed by atoms with Crippen molar-refractivity contribution in [1.82, 2.24) is 5.06 Å². The van der Waals surface area contributed by atoms with Crippen LogP contribution >= 0.6 is 0 Å². The Morgan fingerprint density at radius 2 is 1.95 bits per heavy atom. The third-order valence-corrected chi connectivity index (χ3v) is 3.88. The molecule has 0 amide bonds. The Labute approximate surface area is 125 Å². The van der Waals surface area contributed by atoms with Gasteiger partial charge in [-0.15, -0.1) is 0 Å². The molecule has 2 atom stereocenters. The minimum atomic E-state index is -0.408. The molecule has 0 saturated heterocycles. The number of hydrogen-bond donors (Lipinski definition) is 1. The smallest absolute Gasteiger partial charge is 0.0948 e. The average Bonchev–Trinajstić information content (AvgIpc) is 2.51. The van der Waals surface area contributed by atoms with Gasteiger partial charge in [-0.3, -0.25) is 14.7 Å². The summed E-state index contributed by atoms with van der Waals surface area (Å²) >= 11 is 0. The number of hydrogen-bond acceptors (Lipinski definition) is 3. The third-order valence-electron chi connectivity index (χ3n) is 3.88. The Balaban J connectivity index is 2.19. The fourth-order valence-corrected chi connectivity index (χ4v) is 2.50. The average molecular weight is 291 g/mol. The number of rotatable bonds is 5. The molecule has 0 spiro atoms. The molecule has 1 aliphatic heterocycles. The van der Waals surface area contributed by atoms with E-state index in [1.54, 1.807) is 7.11 Å². The zero-order valence-electron chi connectivity index (χ0n) is 12.7. The maximum atomic E-state index is 12.8. The molecular formula is C17H22FNO2. The summed E-state index contributed by atoms with van der Waals surface area (Å²) in [5.41, 5.74) is 3.88. The Bertz CT molecular complexity index is 536. The Morgan fingerprint density at radius 3 is 2.48 bits per heavy atom. The van der Waals surface area contributed by atoms with Crippen molar-refractivity contribution < 1.29 is 14.3 Å². The molecular weight excluding hydrogens is 269 g/mol. The van der Waals surface area contributed by atoms with E-state index in [0.717, 1.165) is 22.4 Å². The first kappa shape index (κ1) is 15.7. The van der Waals surface area contributed by atoms with Gasteiger partial charge in [0.1, 0.15) is 0 Å². The molecule has 3 nitrogen and oxygen atoms in total. The van der Waals surface area contributed by atoms with Gasteiger partial charge >= 0.3 is 0 Å². The van der Waals surface area contributed by atoms with Crippen molar-refractivity contribution in [2.24, 2.45) is 5.92 Å². The summed E-state index contributed by atoms with van der Waals surface area (Å²) in [4.78, 5) is 0. The molecule has 2 rings (SSSR count). The van der Waals surface area contributed by atoms with E-state index in [9.17, 15) is 9.60 Å². The van der Waals surface area contributed by atoms with E-state index in [1.807, 2.05) is 50.3 Å². The lowest BCUT2D eigenvalue weighted by molar-refractivity contribution is -0.0426. The Kier molecular flexibility index (Phi) is 5.15. The minimum Gasteiger partial charge on any atom is -0.376 e. The van der Waals surface area contributed by atoms with Gasteiger partial charge in [-0.05, 0) is 29.7 Å². The molecule has 114 valence electrons. The first-order chi connectivity index (χ1) is 10.1. The lowest BCUT2D eigenvalue weighted by atomic mass is 9.95. The molecule has 0 fully saturated rings.